The predicted molar refractivity (Wildman–Crippen MR) is 82.0 cm³/mol. The monoisotopic (exact) mass is 294 g/mol. The summed E-state index contributed by atoms with van der Waals surface area (Å²) in [5.41, 5.74) is 0.651. The van der Waals surface area contributed by atoms with Crippen LogP contribution >= 0.6 is 0 Å². The second-order valence-corrected chi connectivity index (χ2v) is 4.15. The van der Waals surface area contributed by atoms with E-state index >= 15 is 0 Å². The van der Waals surface area contributed by atoms with Crippen LogP contribution in [0.1, 0.15) is 24.2 Å². The molecule has 0 bridgehead atoms. The van der Waals surface area contributed by atoms with Gasteiger partial charge in [-0.2, -0.15) is 0 Å². The highest BCUT2D eigenvalue weighted by Gasteiger charge is 2.21. The van der Waals surface area contributed by atoms with E-state index in [-0.39, 0.29) is 5.56 Å². The molecule has 1 aromatic rings. The van der Waals surface area contributed by atoms with E-state index in [9.17, 15) is 4.79 Å². The topological polar surface area (TPSA) is 60.4 Å². The van der Waals surface area contributed by atoms with Crippen LogP contribution in [0.3, 0.4) is 0 Å². The Bertz CT molecular complexity index is 511. The van der Waals surface area contributed by atoms with Crippen LogP contribution in [0.2, 0.25) is 0 Å². The number of hydrogen-bond acceptors (Lipinski definition) is 5. The van der Waals surface area contributed by atoms with E-state index in [0.29, 0.717) is 17.2 Å². The Morgan fingerprint density at radius 1 is 1.14 bits per heavy atom. The van der Waals surface area contributed by atoms with E-state index in [0.717, 1.165) is 13.1 Å². The van der Waals surface area contributed by atoms with E-state index in [1.807, 2.05) is 18.7 Å². The number of rotatable bonds is 7. The molecule has 0 aliphatic rings. The Hall–Kier alpha value is -2.24. The smallest absolute Gasteiger partial charge is 0.344 e. The summed E-state index contributed by atoms with van der Waals surface area (Å²) in [6, 6.07) is 3.36. The average molecular weight is 294 g/mol. The molecule has 0 heterocycles. The van der Waals surface area contributed by atoms with Gasteiger partial charge < -0.3 is 19.1 Å². The zero-order valence-corrected chi connectivity index (χ0v) is 13.2. The van der Waals surface area contributed by atoms with Crippen LogP contribution in [-0.2, 0) is 4.74 Å². The first-order chi connectivity index (χ1) is 10.1. The second-order valence-electron chi connectivity index (χ2n) is 4.15. The highest BCUT2D eigenvalue weighted by Crippen LogP contribution is 2.37. The molecule has 0 spiro atoms. The summed E-state index contributed by atoms with van der Waals surface area (Å²) in [6.07, 6.45) is 1.68. The van der Waals surface area contributed by atoms with Gasteiger partial charge in [0.2, 0.25) is 0 Å². The maximum Gasteiger partial charge on any atom is 0.344 e. The van der Waals surface area contributed by atoms with Gasteiger partial charge in [0.25, 0.3) is 0 Å². The van der Waals surface area contributed by atoms with Crippen molar-refractivity contribution in [3.8, 4) is 11.5 Å². The van der Waals surface area contributed by atoms with E-state index in [1.165, 1.54) is 21.3 Å². The molecule has 6 nitrogen and oxygen atoms in total. The van der Waals surface area contributed by atoms with Gasteiger partial charge in [-0.25, -0.2) is 9.79 Å². The van der Waals surface area contributed by atoms with Gasteiger partial charge in [-0.3, -0.25) is 0 Å². The van der Waals surface area contributed by atoms with Crippen molar-refractivity contribution in [1.29, 1.82) is 0 Å². The standard InChI is InChI=1S/C15H22N2O4/c1-6-17(7-2)10-16-14-12(20-4)9-8-11(19-3)13(14)15(18)21-5/h8-10H,6-7H2,1-5H3. The lowest BCUT2D eigenvalue weighted by atomic mass is 10.1. The van der Waals surface area contributed by atoms with Crippen molar-refractivity contribution in [3.05, 3.63) is 17.7 Å². The summed E-state index contributed by atoms with van der Waals surface area (Å²) in [5, 5.41) is 0. The summed E-state index contributed by atoms with van der Waals surface area (Å²) in [6.45, 7) is 5.69. The maximum atomic E-state index is 12.0. The third kappa shape index (κ3) is 3.87. The average Bonchev–Trinajstić information content (AvgIpc) is 2.54. The normalized spacial score (nSPS) is 10.5. The molecular formula is C15H22N2O4. The third-order valence-corrected chi connectivity index (χ3v) is 3.09. The number of benzene rings is 1. The summed E-state index contributed by atoms with van der Waals surface area (Å²) in [4.78, 5) is 18.4. The molecule has 0 amide bonds. The van der Waals surface area contributed by atoms with Crippen LogP contribution in [0.25, 0.3) is 0 Å². The molecule has 116 valence electrons. The fourth-order valence-corrected chi connectivity index (χ4v) is 1.84. The Labute approximate surface area is 125 Å². The molecule has 0 aromatic heterocycles. The summed E-state index contributed by atoms with van der Waals surface area (Å²) >= 11 is 0. The number of aliphatic imine (C=N–C) groups is 1. The first kappa shape index (κ1) is 16.8. The minimum Gasteiger partial charge on any atom is -0.496 e. The van der Waals surface area contributed by atoms with Crippen LogP contribution in [0.5, 0.6) is 11.5 Å². The van der Waals surface area contributed by atoms with Crippen molar-refractivity contribution in [1.82, 2.24) is 4.90 Å². The van der Waals surface area contributed by atoms with Gasteiger partial charge in [-0.15, -0.1) is 0 Å². The Kier molecular flexibility index (Phi) is 6.52. The van der Waals surface area contributed by atoms with Gasteiger partial charge in [0.05, 0.1) is 27.7 Å². The fraction of sp³-hybridized carbons (Fsp3) is 0.467. The number of carbonyl (C=O) groups excluding carboxylic acids is 1. The number of methoxy groups -OCH3 is 3. The molecule has 0 fully saturated rings. The fourth-order valence-electron chi connectivity index (χ4n) is 1.84. The second kappa shape index (κ2) is 8.14. The Morgan fingerprint density at radius 3 is 2.19 bits per heavy atom. The summed E-state index contributed by atoms with van der Waals surface area (Å²) in [5.74, 6) is 0.367. The number of carbonyl (C=O) groups is 1. The maximum absolute atomic E-state index is 12.0. The van der Waals surface area contributed by atoms with Crippen molar-refractivity contribution in [2.75, 3.05) is 34.4 Å². The first-order valence-electron chi connectivity index (χ1n) is 6.74. The first-order valence-corrected chi connectivity index (χ1v) is 6.74. The van der Waals surface area contributed by atoms with Gasteiger partial charge in [0, 0.05) is 13.1 Å². The van der Waals surface area contributed by atoms with Crippen LogP contribution in [0.4, 0.5) is 5.69 Å². The van der Waals surface area contributed by atoms with E-state index < -0.39 is 5.97 Å². The van der Waals surface area contributed by atoms with Gasteiger partial charge in [-0.1, -0.05) is 0 Å². The zero-order chi connectivity index (χ0) is 15.8. The summed E-state index contributed by atoms with van der Waals surface area (Å²) < 4.78 is 15.3. The molecule has 0 saturated heterocycles. The molecule has 0 aliphatic carbocycles. The largest absolute Gasteiger partial charge is 0.496 e. The van der Waals surface area contributed by atoms with Crippen molar-refractivity contribution in [2.24, 2.45) is 4.99 Å². The van der Waals surface area contributed by atoms with Crippen molar-refractivity contribution < 1.29 is 19.0 Å². The predicted octanol–water partition coefficient (Wildman–Crippen LogP) is 2.49. The number of esters is 1. The number of ether oxygens (including phenoxy) is 3. The Morgan fingerprint density at radius 2 is 1.71 bits per heavy atom. The third-order valence-electron chi connectivity index (χ3n) is 3.09. The lowest BCUT2D eigenvalue weighted by molar-refractivity contribution is 0.0598. The lowest BCUT2D eigenvalue weighted by Gasteiger charge is -2.16. The molecule has 1 rings (SSSR count). The van der Waals surface area contributed by atoms with Gasteiger partial charge in [0.15, 0.2) is 0 Å². The van der Waals surface area contributed by atoms with Gasteiger partial charge in [-0.05, 0) is 26.0 Å². The zero-order valence-electron chi connectivity index (χ0n) is 13.2. The highest BCUT2D eigenvalue weighted by atomic mass is 16.5. The highest BCUT2D eigenvalue weighted by molar-refractivity contribution is 6.00. The SMILES string of the molecule is CCN(C=Nc1c(OC)ccc(OC)c1C(=O)OC)CC. The minimum absolute atomic E-state index is 0.253. The summed E-state index contributed by atoms with van der Waals surface area (Å²) in [7, 11) is 4.34. The molecule has 6 heteroatoms. The van der Waals surface area contributed by atoms with Crippen molar-refractivity contribution >= 4 is 18.0 Å². The van der Waals surface area contributed by atoms with Crippen LogP contribution in [0.15, 0.2) is 17.1 Å². The lowest BCUT2D eigenvalue weighted by Crippen LogP contribution is -2.20. The molecule has 0 radical (unpaired) electrons. The van der Waals surface area contributed by atoms with Crippen LogP contribution < -0.4 is 9.47 Å². The molecule has 1 aromatic carbocycles. The molecular weight excluding hydrogens is 272 g/mol. The van der Waals surface area contributed by atoms with E-state index in [4.69, 9.17) is 14.2 Å². The minimum atomic E-state index is -0.516. The quantitative estimate of drug-likeness (QED) is 0.439. The van der Waals surface area contributed by atoms with Crippen LogP contribution in [-0.4, -0.2) is 51.6 Å². The van der Waals surface area contributed by atoms with Crippen molar-refractivity contribution in [3.63, 3.8) is 0 Å². The molecule has 0 saturated carbocycles. The van der Waals surface area contributed by atoms with Crippen LogP contribution in [0, 0.1) is 0 Å². The van der Waals surface area contributed by atoms with Crippen molar-refractivity contribution in [2.45, 2.75) is 13.8 Å². The number of nitrogens with zero attached hydrogens (tertiary/aromatic N) is 2. The van der Waals surface area contributed by atoms with Gasteiger partial charge >= 0.3 is 5.97 Å². The van der Waals surface area contributed by atoms with E-state index in [1.54, 1.807) is 18.5 Å². The Balaban J connectivity index is 3.40. The molecule has 21 heavy (non-hydrogen) atoms. The van der Waals surface area contributed by atoms with Gasteiger partial charge in [0.1, 0.15) is 22.7 Å². The molecule has 0 unspecified atom stereocenters. The molecule has 0 aliphatic heterocycles. The molecule has 0 atom stereocenters. The number of hydrogen-bond donors (Lipinski definition) is 0. The van der Waals surface area contributed by atoms with E-state index in [2.05, 4.69) is 4.99 Å². The molecule has 0 N–H and O–H groups in total.